The first-order valence-electron chi connectivity index (χ1n) is 7.51. The predicted molar refractivity (Wildman–Crippen MR) is 92.8 cm³/mol. The van der Waals surface area contributed by atoms with Crippen molar-refractivity contribution in [2.24, 2.45) is 0 Å². The van der Waals surface area contributed by atoms with Crippen LogP contribution in [0.2, 0.25) is 5.02 Å². The number of nitrogens with zero attached hydrogens (tertiary/aromatic N) is 1. The molecule has 3 N–H and O–H groups in total. The van der Waals surface area contributed by atoms with Crippen LogP contribution in [-0.2, 0) is 0 Å². The Morgan fingerprint density at radius 1 is 1.35 bits per heavy atom. The van der Waals surface area contributed by atoms with Crippen molar-refractivity contribution in [1.29, 1.82) is 0 Å². The molecule has 126 valence electrons. The summed E-state index contributed by atoms with van der Waals surface area (Å²) < 4.78 is 0. The Morgan fingerprint density at radius 2 is 2.17 bits per heavy atom. The van der Waals surface area contributed by atoms with Gasteiger partial charge in [0.05, 0.1) is 10.6 Å². The van der Waals surface area contributed by atoms with Gasteiger partial charge in [0.1, 0.15) is 0 Å². The van der Waals surface area contributed by atoms with Crippen LogP contribution in [0.5, 0.6) is 0 Å². The summed E-state index contributed by atoms with van der Waals surface area (Å²) in [5.74, 6) is -0.194. The maximum Gasteiger partial charge on any atom is 0.321 e. The highest BCUT2D eigenvalue weighted by atomic mass is 35.5. The molecular formula is C15H20Cl2N4O2. The van der Waals surface area contributed by atoms with E-state index in [9.17, 15) is 9.59 Å². The predicted octanol–water partition coefficient (Wildman–Crippen LogP) is 1.77. The van der Waals surface area contributed by atoms with Crippen molar-refractivity contribution >= 4 is 41.6 Å². The van der Waals surface area contributed by atoms with Crippen LogP contribution >= 0.6 is 24.0 Å². The SMILES string of the molecule is Cl.O=C(NC1CCCNC1)c1cc(N2CCNC2=O)ccc1Cl. The van der Waals surface area contributed by atoms with Gasteiger partial charge in [0, 0.05) is 31.4 Å². The fraction of sp³-hybridized carbons (Fsp3) is 0.467. The highest BCUT2D eigenvalue weighted by molar-refractivity contribution is 6.34. The largest absolute Gasteiger partial charge is 0.348 e. The van der Waals surface area contributed by atoms with E-state index in [-0.39, 0.29) is 30.4 Å². The third-order valence-corrected chi connectivity index (χ3v) is 4.32. The average molecular weight is 359 g/mol. The van der Waals surface area contributed by atoms with Crippen molar-refractivity contribution in [3.05, 3.63) is 28.8 Å². The van der Waals surface area contributed by atoms with Gasteiger partial charge in [-0.05, 0) is 37.6 Å². The molecule has 0 bridgehead atoms. The maximum absolute atomic E-state index is 12.4. The molecule has 2 fully saturated rings. The van der Waals surface area contributed by atoms with E-state index in [1.807, 2.05) is 0 Å². The second-order valence-electron chi connectivity index (χ2n) is 5.56. The zero-order valence-electron chi connectivity index (χ0n) is 12.6. The molecule has 1 atom stereocenters. The van der Waals surface area contributed by atoms with Gasteiger partial charge in [-0.2, -0.15) is 0 Å². The van der Waals surface area contributed by atoms with E-state index in [0.29, 0.717) is 29.4 Å². The molecule has 1 unspecified atom stereocenters. The number of nitrogens with one attached hydrogen (secondary N) is 3. The van der Waals surface area contributed by atoms with Crippen LogP contribution < -0.4 is 20.9 Å². The van der Waals surface area contributed by atoms with Crippen LogP contribution in [0.25, 0.3) is 0 Å². The van der Waals surface area contributed by atoms with E-state index >= 15 is 0 Å². The highest BCUT2D eigenvalue weighted by Gasteiger charge is 2.24. The summed E-state index contributed by atoms with van der Waals surface area (Å²) in [6.07, 6.45) is 2.01. The van der Waals surface area contributed by atoms with E-state index in [1.165, 1.54) is 0 Å². The number of rotatable bonds is 3. The lowest BCUT2D eigenvalue weighted by atomic mass is 10.1. The van der Waals surface area contributed by atoms with Crippen LogP contribution in [0, 0.1) is 0 Å². The lowest BCUT2D eigenvalue weighted by molar-refractivity contribution is 0.0931. The first-order chi connectivity index (χ1) is 10.6. The van der Waals surface area contributed by atoms with E-state index < -0.39 is 0 Å². The number of piperidine rings is 1. The molecule has 1 aromatic carbocycles. The molecule has 8 heteroatoms. The van der Waals surface area contributed by atoms with Gasteiger partial charge in [-0.3, -0.25) is 9.69 Å². The second-order valence-corrected chi connectivity index (χ2v) is 5.97. The van der Waals surface area contributed by atoms with E-state index in [1.54, 1.807) is 23.1 Å². The van der Waals surface area contributed by atoms with Gasteiger partial charge in [0.2, 0.25) is 0 Å². The van der Waals surface area contributed by atoms with Gasteiger partial charge < -0.3 is 16.0 Å². The number of halogens is 2. The van der Waals surface area contributed by atoms with E-state index in [4.69, 9.17) is 11.6 Å². The Bertz CT molecular complexity index is 591. The maximum atomic E-state index is 12.4. The number of carbonyl (C=O) groups excluding carboxylic acids is 2. The fourth-order valence-electron chi connectivity index (χ4n) is 2.81. The summed E-state index contributed by atoms with van der Waals surface area (Å²) in [4.78, 5) is 25.8. The van der Waals surface area contributed by atoms with Crippen LogP contribution in [0.4, 0.5) is 10.5 Å². The number of benzene rings is 1. The quantitative estimate of drug-likeness (QED) is 0.770. The van der Waals surface area contributed by atoms with Crippen molar-refractivity contribution in [2.45, 2.75) is 18.9 Å². The summed E-state index contributed by atoms with van der Waals surface area (Å²) in [7, 11) is 0. The Balaban J connectivity index is 0.00000192. The summed E-state index contributed by atoms with van der Waals surface area (Å²) in [6, 6.07) is 5.07. The van der Waals surface area contributed by atoms with Crippen LogP contribution in [-0.4, -0.2) is 44.2 Å². The van der Waals surface area contributed by atoms with Gasteiger partial charge in [0.25, 0.3) is 5.91 Å². The molecule has 0 saturated carbocycles. The summed E-state index contributed by atoms with van der Waals surface area (Å²) in [5.41, 5.74) is 1.09. The molecule has 0 spiro atoms. The molecule has 2 aliphatic heterocycles. The van der Waals surface area contributed by atoms with Crippen LogP contribution in [0.1, 0.15) is 23.2 Å². The molecule has 2 heterocycles. The Labute approximate surface area is 146 Å². The standard InChI is InChI=1S/C15H19ClN4O2.ClH/c16-13-4-3-11(20-7-6-18-15(20)22)8-12(13)14(21)19-10-2-1-5-17-9-10;/h3-4,8,10,17H,1-2,5-7,9H2,(H,18,22)(H,19,21);1H. The molecule has 2 saturated heterocycles. The number of carbonyl (C=O) groups is 2. The summed E-state index contributed by atoms with van der Waals surface area (Å²) in [6.45, 7) is 2.97. The normalized spacial score (nSPS) is 20.7. The molecule has 2 aliphatic rings. The molecule has 0 aliphatic carbocycles. The molecule has 3 rings (SSSR count). The molecule has 1 aromatic rings. The zero-order valence-corrected chi connectivity index (χ0v) is 14.2. The Kier molecular flexibility index (Phi) is 6.10. The molecule has 6 nitrogen and oxygen atoms in total. The van der Waals surface area contributed by atoms with Crippen molar-refractivity contribution < 1.29 is 9.59 Å². The van der Waals surface area contributed by atoms with Gasteiger partial charge in [-0.25, -0.2) is 4.79 Å². The number of hydrogen-bond donors (Lipinski definition) is 3. The van der Waals surface area contributed by atoms with E-state index in [2.05, 4.69) is 16.0 Å². The molecule has 0 radical (unpaired) electrons. The zero-order chi connectivity index (χ0) is 15.5. The first-order valence-corrected chi connectivity index (χ1v) is 7.89. The van der Waals surface area contributed by atoms with Crippen LogP contribution in [0.3, 0.4) is 0 Å². The minimum atomic E-state index is -0.194. The lowest BCUT2D eigenvalue weighted by Crippen LogP contribution is -2.45. The summed E-state index contributed by atoms with van der Waals surface area (Å²) in [5, 5.41) is 9.39. The lowest BCUT2D eigenvalue weighted by Gasteiger charge is -2.24. The minimum absolute atomic E-state index is 0. The molecule has 3 amide bonds. The third-order valence-electron chi connectivity index (χ3n) is 4.00. The van der Waals surface area contributed by atoms with Crippen molar-refractivity contribution in [3.63, 3.8) is 0 Å². The third kappa shape index (κ3) is 4.07. The monoisotopic (exact) mass is 358 g/mol. The smallest absolute Gasteiger partial charge is 0.321 e. The van der Waals surface area contributed by atoms with Crippen molar-refractivity contribution in [2.75, 3.05) is 31.1 Å². The molecule has 0 aromatic heterocycles. The van der Waals surface area contributed by atoms with Crippen molar-refractivity contribution in [1.82, 2.24) is 16.0 Å². The van der Waals surface area contributed by atoms with E-state index in [0.717, 1.165) is 25.9 Å². The number of urea groups is 1. The van der Waals surface area contributed by atoms with Crippen LogP contribution in [0.15, 0.2) is 18.2 Å². The average Bonchev–Trinajstić information content (AvgIpc) is 2.95. The number of hydrogen-bond acceptors (Lipinski definition) is 3. The Hall–Kier alpha value is -1.50. The fourth-order valence-corrected chi connectivity index (χ4v) is 3.01. The van der Waals surface area contributed by atoms with Gasteiger partial charge >= 0.3 is 6.03 Å². The minimum Gasteiger partial charge on any atom is -0.348 e. The first kappa shape index (κ1) is 17.8. The Morgan fingerprint density at radius 3 is 2.83 bits per heavy atom. The molecule has 23 heavy (non-hydrogen) atoms. The second kappa shape index (κ2) is 7.86. The number of amides is 3. The summed E-state index contributed by atoms with van der Waals surface area (Å²) >= 11 is 6.16. The topological polar surface area (TPSA) is 73.5 Å². The van der Waals surface area contributed by atoms with Crippen molar-refractivity contribution in [3.8, 4) is 0 Å². The van der Waals surface area contributed by atoms with Gasteiger partial charge in [0.15, 0.2) is 0 Å². The van der Waals surface area contributed by atoms with Gasteiger partial charge in [-0.15, -0.1) is 12.4 Å². The highest BCUT2D eigenvalue weighted by Crippen LogP contribution is 2.24. The van der Waals surface area contributed by atoms with Gasteiger partial charge in [-0.1, -0.05) is 11.6 Å². The number of anilines is 1. The molecular weight excluding hydrogens is 339 g/mol.